The Balaban J connectivity index is 1.37. The van der Waals surface area contributed by atoms with Gasteiger partial charge < -0.3 is 29.2 Å². The summed E-state index contributed by atoms with van der Waals surface area (Å²) in [5.41, 5.74) is 6.83. The zero-order valence-electron chi connectivity index (χ0n) is 24.5. The fraction of sp³-hybridized carbons (Fsp3) is 0.265. The van der Waals surface area contributed by atoms with Crippen molar-refractivity contribution in [3.05, 3.63) is 100 Å². The number of rotatable bonds is 12. The molecule has 1 aliphatic rings. The number of carboxylic acids is 1. The number of carbonyl (C=O) groups is 1. The van der Waals surface area contributed by atoms with Crippen molar-refractivity contribution < 1.29 is 34.0 Å². The van der Waals surface area contributed by atoms with Crippen LogP contribution in [0.25, 0.3) is 11.1 Å². The van der Waals surface area contributed by atoms with Crippen LogP contribution in [0.5, 0.6) is 23.0 Å². The molecular formula is C34H33N3O7. The molecule has 0 radical (unpaired) electrons. The first kappa shape index (κ1) is 30.4. The number of hydrogen-bond acceptors (Lipinski definition) is 9. The van der Waals surface area contributed by atoms with Gasteiger partial charge in [-0.25, -0.2) is 0 Å². The Hall–Kier alpha value is -5.11. The number of benzene rings is 3. The molecule has 4 aromatic rings. The van der Waals surface area contributed by atoms with Gasteiger partial charge in [0.15, 0.2) is 11.5 Å². The van der Waals surface area contributed by atoms with Gasteiger partial charge in [-0.05, 0) is 65.9 Å². The molecule has 3 aromatic carbocycles. The largest absolute Gasteiger partial charge is 0.489 e. The second-order valence-corrected chi connectivity index (χ2v) is 10.4. The van der Waals surface area contributed by atoms with E-state index in [0.29, 0.717) is 42.4 Å². The summed E-state index contributed by atoms with van der Waals surface area (Å²) in [5, 5.41) is 30.9. The quantitative estimate of drug-likeness (QED) is 0.211. The molecule has 5 rings (SSSR count). The van der Waals surface area contributed by atoms with E-state index in [1.54, 1.807) is 18.3 Å². The molecule has 0 saturated heterocycles. The summed E-state index contributed by atoms with van der Waals surface area (Å²) < 4.78 is 23.9. The number of aliphatic hydroxyl groups excluding tert-OH is 1. The first-order chi connectivity index (χ1) is 21.4. The SMILES string of the molecule is Cc1cc(OCc2cccc(-c3ccc4c(c3)OCCO4)c2C)cc(OCc2cncc(C#N)c2)c1CNC(CO)C(=O)O. The van der Waals surface area contributed by atoms with Crippen LogP contribution in [-0.4, -0.2) is 47.0 Å². The molecule has 1 unspecified atom stereocenters. The summed E-state index contributed by atoms with van der Waals surface area (Å²) in [4.78, 5) is 15.5. The van der Waals surface area contributed by atoms with E-state index in [0.717, 1.165) is 44.9 Å². The Morgan fingerprint density at radius 1 is 1.05 bits per heavy atom. The zero-order valence-corrected chi connectivity index (χ0v) is 24.5. The Morgan fingerprint density at radius 2 is 1.86 bits per heavy atom. The average molecular weight is 596 g/mol. The van der Waals surface area contributed by atoms with E-state index in [1.165, 1.54) is 6.20 Å². The lowest BCUT2D eigenvalue weighted by molar-refractivity contribution is -0.140. The normalized spacial score (nSPS) is 12.7. The molecule has 0 amide bonds. The summed E-state index contributed by atoms with van der Waals surface area (Å²) in [6.45, 7) is 5.04. The standard InChI is InChI=1S/C34H33N3O7/c1-21-10-27(43-20-26-4-3-5-28(22(26)2)25-6-7-31-33(12-25)42-9-8-41-31)13-32(29(21)17-37-30(18-38)34(39)40)44-19-24-11-23(14-35)15-36-16-24/h3-7,10-13,15-16,30,37-38H,8-9,17-20H2,1-2H3,(H,39,40). The molecule has 0 bridgehead atoms. The van der Waals surface area contributed by atoms with Gasteiger partial charge in [-0.2, -0.15) is 5.26 Å². The number of aliphatic carboxylic acids is 1. The first-order valence-electron chi connectivity index (χ1n) is 14.1. The number of aliphatic hydroxyl groups is 1. The van der Waals surface area contributed by atoms with E-state index in [1.807, 2.05) is 43.3 Å². The maximum absolute atomic E-state index is 11.5. The van der Waals surface area contributed by atoms with Crippen molar-refractivity contribution in [2.24, 2.45) is 0 Å². The van der Waals surface area contributed by atoms with Gasteiger partial charge in [0.1, 0.15) is 50.0 Å². The zero-order chi connectivity index (χ0) is 31.1. The molecule has 0 aliphatic carbocycles. The van der Waals surface area contributed by atoms with Crippen molar-refractivity contribution in [3.8, 4) is 40.2 Å². The van der Waals surface area contributed by atoms with Gasteiger partial charge >= 0.3 is 5.97 Å². The van der Waals surface area contributed by atoms with Gasteiger partial charge in [0.25, 0.3) is 0 Å². The summed E-state index contributed by atoms with van der Waals surface area (Å²) in [7, 11) is 0. The molecule has 10 heteroatoms. The predicted molar refractivity (Wildman–Crippen MR) is 162 cm³/mol. The maximum Gasteiger partial charge on any atom is 0.323 e. The Morgan fingerprint density at radius 3 is 2.64 bits per heavy atom. The van der Waals surface area contributed by atoms with Crippen molar-refractivity contribution in [2.45, 2.75) is 39.6 Å². The van der Waals surface area contributed by atoms with Crippen molar-refractivity contribution in [3.63, 3.8) is 0 Å². The molecule has 3 N–H and O–H groups in total. The van der Waals surface area contributed by atoms with E-state index < -0.39 is 18.6 Å². The lowest BCUT2D eigenvalue weighted by Gasteiger charge is -2.20. The van der Waals surface area contributed by atoms with E-state index in [-0.39, 0.29) is 13.2 Å². The lowest BCUT2D eigenvalue weighted by atomic mass is 9.96. The van der Waals surface area contributed by atoms with Gasteiger partial charge in [0, 0.05) is 36.1 Å². The molecule has 1 aliphatic heterocycles. The fourth-order valence-electron chi connectivity index (χ4n) is 4.96. The fourth-order valence-corrected chi connectivity index (χ4v) is 4.96. The molecule has 0 saturated carbocycles. The second kappa shape index (κ2) is 13.9. The third-order valence-electron chi connectivity index (χ3n) is 7.42. The number of pyridine rings is 1. The second-order valence-electron chi connectivity index (χ2n) is 10.4. The average Bonchev–Trinajstić information content (AvgIpc) is 3.04. The molecule has 0 fully saturated rings. The van der Waals surface area contributed by atoms with Crippen LogP contribution < -0.4 is 24.3 Å². The topological polar surface area (TPSA) is 143 Å². The van der Waals surface area contributed by atoms with Crippen LogP contribution in [0, 0.1) is 25.2 Å². The number of aryl methyl sites for hydroxylation is 1. The lowest BCUT2D eigenvalue weighted by Crippen LogP contribution is -2.39. The molecule has 1 atom stereocenters. The highest BCUT2D eigenvalue weighted by atomic mass is 16.6. The molecule has 10 nitrogen and oxygen atoms in total. The van der Waals surface area contributed by atoms with Crippen LogP contribution in [0.2, 0.25) is 0 Å². The van der Waals surface area contributed by atoms with E-state index in [4.69, 9.17) is 18.9 Å². The minimum Gasteiger partial charge on any atom is -0.489 e. The van der Waals surface area contributed by atoms with Crippen LogP contribution in [0.4, 0.5) is 0 Å². The minimum atomic E-state index is -1.15. The summed E-state index contributed by atoms with van der Waals surface area (Å²) >= 11 is 0. The number of nitrogens with zero attached hydrogens (tertiary/aromatic N) is 2. The number of hydrogen-bond donors (Lipinski definition) is 3. The van der Waals surface area contributed by atoms with Gasteiger partial charge in [-0.3, -0.25) is 15.1 Å². The highest BCUT2D eigenvalue weighted by molar-refractivity contribution is 5.73. The number of nitriles is 1. The third kappa shape index (κ3) is 7.09. The first-order valence-corrected chi connectivity index (χ1v) is 14.1. The smallest absolute Gasteiger partial charge is 0.323 e. The minimum absolute atomic E-state index is 0.136. The van der Waals surface area contributed by atoms with Crippen LogP contribution in [0.15, 0.2) is 67.0 Å². The molecule has 2 heterocycles. The Labute approximate surface area is 255 Å². The number of ether oxygens (including phenoxy) is 4. The van der Waals surface area contributed by atoms with Crippen molar-refractivity contribution >= 4 is 5.97 Å². The number of fused-ring (bicyclic) bond motifs is 1. The summed E-state index contributed by atoms with van der Waals surface area (Å²) in [6.07, 6.45) is 3.10. The number of nitrogens with one attached hydrogen (secondary N) is 1. The van der Waals surface area contributed by atoms with Crippen molar-refractivity contribution in [1.29, 1.82) is 5.26 Å². The molecular weight excluding hydrogens is 562 g/mol. The molecule has 0 spiro atoms. The van der Waals surface area contributed by atoms with Gasteiger partial charge in [-0.1, -0.05) is 24.3 Å². The van der Waals surface area contributed by atoms with Crippen LogP contribution in [0.1, 0.15) is 33.4 Å². The van der Waals surface area contributed by atoms with Gasteiger partial charge in [0.2, 0.25) is 0 Å². The highest BCUT2D eigenvalue weighted by Gasteiger charge is 2.19. The Bertz CT molecular complexity index is 1700. The van der Waals surface area contributed by atoms with Crippen molar-refractivity contribution in [1.82, 2.24) is 10.3 Å². The van der Waals surface area contributed by atoms with Crippen LogP contribution in [0.3, 0.4) is 0 Å². The molecule has 226 valence electrons. The molecule has 1 aromatic heterocycles. The van der Waals surface area contributed by atoms with E-state index >= 15 is 0 Å². The van der Waals surface area contributed by atoms with E-state index in [2.05, 4.69) is 29.4 Å². The van der Waals surface area contributed by atoms with Crippen molar-refractivity contribution in [2.75, 3.05) is 19.8 Å². The highest BCUT2D eigenvalue weighted by Crippen LogP contribution is 2.36. The Kier molecular flexibility index (Phi) is 9.59. The summed E-state index contributed by atoms with van der Waals surface area (Å²) in [5.74, 6) is 1.38. The summed E-state index contributed by atoms with van der Waals surface area (Å²) in [6, 6.07) is 18.3. The van der Waals surface area contributed by atoms with Gasteiger partial charge in [-0.15, -0.1) is 0 Å². The molecule has 44 heavy (non-hydrogen) atoms. The number of aromatic nitrogens is 1. The van der Waals surface area contributed by atoms with Crippen LogP contribution >= 0.6 is 0 Å². The maximum atomic E-state index is 11.5. The monoisotopic (exact) mass is 595 g/mol. The van der Waals surface area contributed by atoms with Gasteiger partial charge in [0.05, 0.1) is 12.2 Å². The predicted octanol–water partition coefficient (Wildman–Crippen LogP) is 4.70. The third-order valence-corrected chi connectivity index (χ3v) is 7.42. The van der Waals surface area contributed by atoms with E-state index in [9.17, 15) is 20.3 Å². The number of carboxylic acid groups (broad SMARTS) is 1. The van der Waals surface area contributed by atoms with Crippen LogP contribution in [-0.2, 0) is 24.6 Å².